The predicted molar refractivity (Wildman–Crippen MR) is 104 cm³/mol. The molecule has 3 aliphatic carbocycles. The van der Waals surface area contributed by atoms with E-state index < -0.39 is 20.8 Å². The molecular formula is C18H24O10S2. The van der Waals surface area contributed by atoms with Gasteiger partial charge in [-0.25, -0.2) is 0 Å². The molecule has 0 aliphatic heterocycles. The molecule has 0 unspecified atom stereocenters. The van der Waals surface area contributed by atoms with Gasteiger partial charge in [0.1, 0.15) is 5.78 Å². The summed E-state index contributed by atoms with van der Waals surface area (Å²) in [6.45, 7) is 2.16. The van der Waals surface area contributed by atoms with Gasteiger partial charge in [-0.15, -0.1) is 0 Å². The summed E-state index contributed by atoms with van der Waals surface area (Å²) in [5.74, 6) is 2.16. The van der Waals surface area contributed by atoms with Gasteiger partial charge in [-0.05, 0) is 77.5 Å². The largest absolute Gasteiger partial charge is 0.432 e. The van der Waals surface area contributed by atoms with Crippen molar-refractivity contribution in [2.45, 2.75) is 51.4 Å². The molecule has 0 bridgehead atoms. The Balaban J connectivity index is 0.000000461. The minimum atomic E-state index is -4.67. The van der Waals surface area contributed by atoms with Crippen LogP contribution in [0.25, 0.3) is 0 Å². The van der Waals surface area contributed by atoms with Crippen molar-refractivity contribution in [3.05, 3.63) is 29.3 Å². The average molecular weight is 465 g/mol. The van der Waals surface area contributed by atoms with Gasteiger partial charge in [-0.3, -0.25) is 18.5 Å². The van der Waals surface area contributed by atoms with Crippen molar-refractivity contribution in [2.75, 3.05) is 0 Å². The third-order valence-electron chi connectivity index (χ3n) is 6.62. The summed E-state index contributed by atoms with van der Waals surface area (Å²) < 4.78 is 65.4. The lowest BCUT2D eigenvalue weighted by Gasteiger charge is -2.48. The Morgan fingerprint density at radius 3 is 2.33 bits per heavy atom. The van der Waals surface area contributed by atoms with Crippen LogP contribution in [0.2, 0.25) is 0 Å². The number of Topliss-reactive ketones (excluding diaryl/α,β-unsaturated/α-hetero) is 1. The van der Waals surface area contributed by atoms with E-state index in [0.717, 1.165) is 44.1 Å². The molecule has 1 aromatic rings. The molecule has 30 heavy (non-hydrogen) atoms. The van der Waals surface area contributed by atoms with Gasteiger partial charge >= 0.3 is 20.8 Å². The molecule has 2 saturated carbocycles. The van der Waals surface area contributed by atoms with Gasteiger partial charge in [0.15, 0.2) is 5.75 Å². The predicted octanol–water partition coefficient (Wildman–Crippen LogP) is 2.57. The second-order valence-corrected chi connectivity index (χ2v) is 10.1. The minimum Gasteiger partial charge on any atom is -0.319 e. The minimum absolute atomic E-state index is 0.134. The zero-order valence-electron chi connectivity index (χ0n) is 16.2. The third-order valence-corrected chi connectivity index (χ3v) is 6.86. The summed E-state index contributed by atoms with van der Waals surface area (Å²) in [6.07, 6.45) is 5.60. The number of hydrogen-bond donors (Lipinski definition) is 3. The molecule has 3 aliphatic rings. The standard InChI is InChI=1S/C18H22O6S.H2O4S/c1-18-9-8-14-13-5-3-12(23-24-25(20,21)22)10-11(13)2-4-15(14)16(18)6-7-17(18)19;1-5(2,3)4/h3,5,10,14-16H,2,4,6-9H2,1H3,(H,20,21,22);(H2,1,2,3,4)/t14-,15-,16+,18+;/m1./s1. The number of carbonyl (C=O) groups excluding carboxylic acids is 1. The van der Waals surface area contributed by atoms with Crippen molar-refractivity contribution in [1.82, 2.24) is 0 Å². The maximum absolute atomic E-state index is 12.3. The smallest absolute Gasteiger partial charge is 0.319 e. The zero-order chi connectivity index (χ0) is 22.3. The maximum atomic E-state index is 12.3. The molecule has 12 heteroatoms. The SMILES string of the molecule is C[C@]12CC[C@@H]3c4ccc(OOS(=O)(=O)O)cc4CC[C@H]3[C@@H]1CCC2=O.O=S(=O)(O)O. The number of benzene rings is 1. The summed E-state index contributed by atoms with van der Waals surface area (Å²) in [7, 11) is -9.31. The van der Waals surface area contributed by atoms with Gasteiger partial charge in [0.05, 0.1) is 0 Å². The summed E-state index contributed by atoms with van der Waals surface area (Å²) in [5.41, 5.74) is 2.27. The van der Waals surface area contributed by atoms with Gasteiger partial charge in [0.25, 0.3) is 0 Å². The molecule has 0 radical (unpaired) electrons. The van der Waals surface area contributed by atoms with Crippen LogP contribution < -0.4 is 4.89 Å². The van der Waals surface area contributed by atoms with E-state index in [1.54, 1.807) is 12.1 Å². The maximum Gasteiger partial charge on any atom is 0.432 e. The highest BCUT2D eigenvalue weighted by atomic mass is 32.3. The van der Waals surface area contributed by atoms with E-state index in [4.69, 9.17) is 22.1 Å². The van der Waals surface area contributed by atoms with Crippen LogP contribution in [0, 0.1) is 17.3 Å². The molecule has 0 aromatic heterocycles. The van der Waals surface area contributed by atoms with E-state index in [0.29, 0.717) is 23.5 Å². The quantitative estimate of drug-likeness (QED) is 0.344. The van der Waals surface area contributed by atoms with Crippen molar-refractivity contribution in [3.8, 4) is 5.75 Å². The van der Waals surface area contributed by atoms with Gasteiger partial charge in [-0.1, -0.05) is 13.0 Å². The Morgan fingerprint density at radius 1 is 1.03 bits per heavy atom. The lowest BCUT2D eigenvalue weighted by Crippen LogP contribution is -2.42. The lowest BCUT2D eigenvalue weighted by molar-refractivity contribution is -0.129. The Morgan fingerprint density at radius 2 is 1.70 bits per heavy atom. The number of ketones is 1. The molecule has 168 valence electrons. The Labute approximate surface area is 175 Å². The van der Waals surface area contributed by atoms with E-state index >= 15 is 0 Å². The summed E-state index contributed by atoms with van der Waals surface area (Å²) >= 11 is 0. The van der Waals surface area contributed by atoms with E-state index in [1.165, 1.54) is 5.56 Å². The fraction of sp³-hybridized carbons (Fsp3) is 0.611. The van der Waals surface area contributed by atoms with Crippen LogP contribution in [0.3, 0.4) is 0 Å². The summed E-state index contributed by atoms with van der Waals surface area (Å²) in [5, 5.41) is 0. The van der Waals surface area contributed by atoms with Crippen molar-refractivity contribution < 1.29 is 44.5 Å². The van der Waals surface area contributed by atoms with Gasteiger partial charge < -0.3 is 4.89 Å². The Bertz CT molecular complexity index is 1030. The topological polar surface area (TPSA) is 164 Å². The molecule has 3 N–H and O–H groups in total. The fourth-order valence-corrected chi connectivity index (χ4v) is 5.63. The molecule has 0 spiro atoms. The van der Waals surface area contributed by atoms with E-state index in [2.05, 4.69) is 16.1 Å². The number of aryl methyl sites for hydroxylation is 1. The number of fused-ring (bicyclic) bond motifs is 5. The molecule has 10 nitrogen and oxygen atoms in total. The first kappa shape index (κ1) is 23.1. The Hall–Kier alpha value is -1.57. The van der Waals surface area contributed by atoms with Crippen LogP contribution in [-0.4, -0.2) is 36.3 Å². The van der Waals surface area contributed by atoms with Crippen LogP contribution >= 0.6 is 0 Å². The molecule has 1 aromatic carbocycles. The van der Waals surface area contributed by atoms with Crippen LogP contribution in [-0.2, 0) is 36.3 Å². The zero-order valence-corrected chi connectivity index (χ0v) is 17.9. The van der Waals surface area contributed by atoms with Crippen LogP contribution in [0.5, 0.6) is 5.75 Å². The van der Waals surface area contributed by atoms with E-state index in [-0.39, 0.29) is 11.2 Å². The van der Waals surface area contributed by atoms with Gasteiger partial charge in [0, 0.05) is 11.8 Å². The number of hydrogen-bond acceptors (Lipinski definition) is 7. The third kappa shape index (κ3) is 5.18. The van der Waals surface area contributed by atoms with Gasteiger partial charge in [0.2, 0.25) is 0 Å². The Kier molecular flexibility index (Phi) is 6.29. The van der Waals surface area contributed by atoms with Crippen molar-refractivity contribution >= 4 is 26.6 Å². The lowest BCUT2D eigenvalue weighted by atomic mass is 9.55. The van der Waals surface area contributed by atoms with Crippen molar-refractivity contribution in [2.24, 2.45) is 17.3 Å². The first-order valence-electron chi connectivity index (χ1n) is 9.47. The second-order valence-electron chi connectivity index (χ2n) is 8.22. The van der Waals surface area contributed by atoms with Crippen LogP contribution in [0.4, 0.5) is 0 Å². The molecule has 0 saturated heterocycles. The monoisotopic (exact) mass is 464 g/mol. The molecule has 4 atom stereocenters. The van der Waals surface area contributed by atoms with Crippen molar-refractivity contribution in [1.29, 1.82) is 0 Å². The van der Waals surface area contributed by atoms with E-state index in [9.17, 15) is 13.2 Å². The normalized spacial score (nSPS) is 30.4. The van der Waals surface area contributed by atoms with Crippen LogP contribution in [0.1, 0.15) is 56.1 Å². The highest BCUT2D eigenvalue weighted by molar-refractivity contribution is 7.80. The summed E-state index contributed by atoms with van der Waals surface area (Å²) in [4.78, 5) is 17.0. The molecular weight excluding hydrogens is 440 g/mol. The summed E-state index contributed by atoms with van der Waals surface area (Å²) in [6, 6.07) is 5.42. The molecule has 0 amide bonds. The second kappa shape index (κ2) is 8.17. The molecule has 0 heterocycles. The molecule has 2 fully saturated rings. The average Bonchev–Trinajstić information content (AvgIpc) is 2.92. The highest BCUT2D eigenvalue weighted by Crippen LogP contribution is 2.59. The van der Waals surface area contributed by atoms with E-state index in [1.807, 2.05) is 6.07 Å². The van der Waals surface area contributed by atoms with Gasteiger partial charge in [-0.2, -0.15) is 16.8 Å². The van der Waals surface area contributed by atoms with Crippen LogP contribution in [0.15, 0.2) is 18.2 Å². The first-order valence-corrected chi connectivity index (χ1v) is 12.2. The fourth-order valence-electron chi connectivity index (χ4n) is 5.46. The highest BCUT2D eigenvalue weighted by Gasteiger charge is 2.54. The first-order chi connectivity index (χ1) is 13.8. The number of carbonyl (C=O) groups is 1. The van der Waals surface area contributed by atoms with Crippen molar-refractivity contribution in [3.63, 3.8) is 0 Å². The molecule has 4 rings (SSSR count). The number of rotatable bonds is 3.